The first-order valence-electron chi connectivity index (χ1n) is 9.08. The summed E-state index contributed by atoms with van der Waals surface area (Å²) >= 11 is 0. The molecule has 0 aliphatic carbocycles. The van der Waals surface area contributed by atoms with E-state index >= 15 is 0 Å². The van der Waals surface area contributed by atoms with Crippen molar-refractivity contribution in [1.29, 1.82) is 0 Å². The van der Waals surface area contributed by atoms with E-state index in [2.05, 4.69) is 15.5 Å². The maximum Gasteiger partial charge on any atom is 0.262 e. The standard InChI is InChI=1S/C23H23N3O2/c1-16-8-11-19(12-9-16)25-26-21-14-17(2)10-13-20(21)24-23(27)15-28-22-7-5-4-6-18(22)3/h4-14H,15H2,1-3H3,(H,24,27). The number of hydrogen-bond acceptors (Lipinski definition) is 4. The second-order valence-electron chi connectivity index (χ2n) is 6.66. The molecule has 0 aliphatic rings. The van der Waals surface area contributed by atoms with E-state index < -0.39 is 0 Å². The minimum atomic E-state index is -0.251. The van der Waals surface area contributed by atoms with Gasteiger partial charge in [-0.3, -0.25) is 4.79 Å². The summed E-state index contributed by atoms with van der Waals surface area (Å²) in [6.07, 6.45) is 0. The van der Waals surface area contributed by atoms with E-state index in [9.17, 15) is 4.79 Å². The molecule has 0 radical (unpaired) electrons. The predicted octanol–water partition coefficient (Wildman–Crippen LogP) is 6.04. The molecular formula is C23H23N3O2. The van der Waals surface area contributed by atoms with Gasteiger partial charge in [0.05, 0.1) is 11.4 Å². The molecule has 1 N–H and O–H groups in total. The lowest BCUT2D eigenvalue weighted by Crippen LogP contribution is -2.20. The summed E-state index contributed by atoms with van der Waals surface area (Å²) in [5.41, 5.74) is 5.14. The maximum atomic E-state index is 12.3. The molecule has 0 bridgehead atoms. The topological polar surface area (TPSA) is 63.0 Å². The first-order chi connectivity index (χ1) is 13.5. The van der Waals surface area contributed by atoms with Gasteiger partial charge in [0.1, 0.15) is 11.4 Å². The molecule has 0 fully saturated rings. The van der Waals surface area contributed by atoms with Crippen LogP contribution in [-0.4, -0.2) is 12.5 Å². The van der Waals surface area contributed by atoms with Crippen LogP contribution in [0, 0.1) is 20.8 Å². The zero-order chi connectivity index (χ0) is 19.9. The van der Waals surface area contributed by atoms with E-state index in [-0.39, 0.29) is 12.5 Å². The Morgan fingerprint density at radius 2 is 1.61 bits per heavy atom. The number of rotatable bonds is 6. The maximum absolute atomic E-state index is 12.3. The summed E-state index contributed by atoms with van der Waals surface area (Å²) in [5.74, 6) is 0.444. The third-order valence-electron chi connectivity index (χ3n) is 4.19. The van der Waals surface area contributed by atoms with Crippen molar-refractivity contribution < 1.29 is 9.53 Å². The third kappa shape index (κ3) is 5.27. The summed E-state index contributed by atoms with van der Waals surface area (Å²) in [5, 5.41) is 11.5. The molecule has 5 nitrogen and oxygen atoms in total. The van der Waals surface area contributed by atoms with Crippen LogP contribution in [0.2, 0.25) is 0 Å². The number of anilines is 1. The number of aryl methyl sites for hydroxylation is 3. The van der Waals surface area contributed by atoms with E-state index in [1.54, 1.807) is 0 Å². The minimum Gasteiger partial charge on any atom is -0.483 e. The van der Waals surface area contributed by atoms with E-state index in [4.69, 9.17) is 4.74 Å². The van der Waals surface area contributed by atoms with Crippen LogP contribution in [0.5, 0.6) is 5.75 Å². The van der Waals surface area contributed by atoms with Crippen LogP contribution in [0.3, 0.4) is 0 Å². The minimum absolute atomic E-state index is 0.0761. The van der Waals surface area contributed by atoms with Crippen molar-refractivity contribution in [3.63, 3.8) is 0 Å². The van der Waals surface area contributed by atoms with Crippen LogP contribution >= 0.6 is 0 Å². The van der Waals surface area contributed by atoms with Crippen LogP contribution in [-0.2, 0) is 4.79 Å². The summed E-state index contributed by atoms with van der Waals surface area (Å²) in [6, 6.07) is 21.0. The highest BCUT2D eigenvalue weighted by Gasteiger charge is 2.09. The van der Waals surface area contributed by atoms with Crippen molar-refractivity contribution >= 4 is 23.0 Å². The molecule has 0 heterocycles. The fourth-order valence-electron chi connectivity index (χ4n) is 2.60. The summed E-state index contributed by atoms with van der Waals surface area (Å²) in [7, 11) is 0. The number of amides is 1. The molecule has 0 unspecified atom stereocenters. The Bertz CT molecular complexity index is 995. The normalized spacial score (nSPS) is 10.8. The second-order valence-corrected chi connectivity index (χ2v) is 6.66. The molecule has 0 spiro atoms. The van der Waals surface area contributed by atoms with Gasteiger partial charge < -0.3 is 10.1 Å². The number of benzene rings is 3. The van der Waals surface area contributed by atoms with Crippen LogP contribution in [0.25, 0.3) is 0 Å². The zero-order valence-electron chi connectivity index (χ0n) is 16.3. The SMILES string of the molecule is Cc1ccc(N=Nc2cc(C)ccc2NC(=O)COc2ccccc2C)cc1. The number of para-hydroxylation sites is 1. The smallest absolute Gasteiger partial charge is 0.262 e. The van der Waals surface area contributed by atoms with Gasteiger partial charge in [-0.05, 0) is 62.2 Å². The molecule has 0 saturated carbocycles. The Kier molecular flexibility index (Phi) is 6.17. The van der Waals surface area contributed by atoms with Crippen LogP contribution < -0.4 is 10.1 Å². The first kappa shape index (κ1) is 19.3. The van der Waals surface area contributed by atoms with E-state index in [1.807, 2.05) is 87.5 Å². The highest BCUT2D eigenvalue weighted by Crippen LogP contribution is 2.28. The van der Waals surface area contributed by atoms with Gasteiger partial charge >= 0.3 is 0 Å². The van der Waals surface area contributed by atoms with Gasteiger partial charge in [-0.1, -0.05) is 42.0 Å². The molecule has 3 aromatic carbocycles. The monoisotopic (exact) mass is 373 g/mol. The number of nitrogens with one attached hydrogen (secondary N) is 1. The van der Waals surface area contributed by atoms with Crippen molar-refractivity contribution in [2.75, 3.05) is 11.9 Å². The average Bonchev–Trinajstić information content (AvgIpc) is 2.69. The Balaban J connectivity index is 1.70. The predicted molar refractivity (Wildman–Crippen MR) is 112 cm³/mol. The van der Waals surface area contributed by atoms with Crippen LogP contribution in [0.15, 0.2) is 77.0 Å². The van der Waals surface area contributed by atoms with Gasteiger partial charge in [0.15, 0.2) is 6.61 Å². The van der Waals surface area contributed by atoms with Gasteiger partial charge in [-0.25, -0.2) is 0 Å². The number of hydrogen-bond donors (Lipinski definition) is 1. The van der Waals surface area contributed by atoms with Gasteiger partial charge in [-0.15, -0.1) is 5.11 Å². The number of ether oxygens (including phenoxy) is 1. The quantitative estimate of drug-likeness (QED) is 0.535. The molecule has 28 heavy (non-hydrogen) atoms. The molecule has 1 amide bonds. The van der Waals surface area contributed by atoms with Crippen LogP contribution in [0.4, 0.5) is 17.1 Å². The Hall–Kier alpha value is -3.47. The van der Waals surface area contributed by atoms with E-state index in [0.717, 1.165) is 22.4 Å². The molecule has 5 heteroatoms. The average molecular weight is 373 g/mol. The van der Waals surface area contributed by atoms with Crippen LogP contribution in [0.1, 0.15) is 16.7 Å². The fraction of sp³-hybridized carbons (Fsp3) is 0.174. The lowest BCUT2D eigenvalue weighted by atomic mass is 10.2. The van der Waals surface area contributed by atoms with Crippen molar-refractivity contribution in [2.45, 2.75) is 20.8 Å². The molecule has 3 aromatic rings. The third-order valence-corrected chi connectivity index (χ3v) is 4.19. The lowest BCUT2D eigenvalue weighted by Gasteiger charge is -2.11. The summed E-state index contributed by atoms with van der Waals surface area (Å²) < 4.78 is 5.61. The summed E-state index contributed by atoms with van der Waals surface area (Å²) in [4.78, 5) is 12.3. The number of nitrogens with zero attached hydrogens (tertiary/aromatic N) is 2. The Morgan fingerprint density at radius 3 is 2.36 bits per heavy atom. The molecule has 142 valence electrons. The molecule has 0 atom stereocenters. The zero-order valence-corrected chi connectivity index (χ0v) is 16.3. The molecule has 0 saturated heterocycles. The largest absolute Gasteiger partial charge is 0.483 e. The van der Waals surface area contributed by atoms with Gasteiger partial charge in [0.25, 0.3) is 5.91 Å². The number of azo groups is 1. The van der Waals surface area contributed by atoms with E-state index in [0.29, 0.717) is 17.1 Å². The van der Waals surface area contributed by atoms with E-state index in [1.165, 1.54) is 0 Å². The second kappa shape index (κ2) is 8.95. The van der Waals surface area contributed by atoms with Crippen molar-refractivity contribution in [1.82, 2.24) is 0 Å². The van der Waals surface area contributed by atoms with Crippen molar-refractivity contribution in [2.24, 2.45) is 10.2 Å². The highest BCUT2D eigenvalue weighted by atomic mass is 16.5. The highest BCUT2D eigenvalue weighted by molar-refractivity contribution is 5.94. The number of carbonyl (C=O) groups excluding carboxylic acids is 1. The van der Waals surface area contributed by atoms with Gasteiger partial charge in [0.2, 0.25) is 0 Å². The molecule has 0 aromatic heterocycles. The first-order valence-corrected chi connectivity index (χ1v) is 9.08. The van der Waals surface area contributed by atoms with Crippen molar-refractivity contribution in [3.05, 3.63) is 83.4 Å². The van der Waals surface area contributed by atoms with Crippen molar-refractivity contribution in [3.8, 4) is 5.75 Å². The molecule has 3 rings (SSSR count). The molecular weight excluding hydrogens is 350 g/mol. The Labute approximate surface area is 165 Å². The van der Waals surface area contributed by atoms with Gasteiger partial charge in [-0.2, -0.15) is 5.11 Å². The Morgan fingerprint density at radius 1 is 0.893 bits per heavy atom. The molecule has 0 aliphatic heterocycles. The lowest BCUT2D eigenvalue weighted by molar-refractivity contribution is -0.118. The fourth-order valence-corrected chi connectivity index (χ4v) is 2.60. The summed E-state index contributed by atoms with van der Waals surface area (Å²) in [6.45, 7) is 5.86. The van der Waals surface area contributed by atoms with Gasteiger partial charge in [0, 0.05) is 0 Å². The number of carbonyl (C=O) groups is 1.